The van der Waals surface area contributed by atoms with Crippen molar-refractivity contribution in [2.24, 2.45) is 0 Å². The van der Waals surface area contributed by atoms with Crippen LogP contribution in [0.3, 0.4) is 0 Å². The number of rotatable bonds is 7. The smallest absolute Gasteiger partial charge is 0.243 e. The van der Waals surface area contributed by atoms with E-state index in [1.165, 1.54) is 27.4 Å². The van der Waals surface area contributed by atoms with Crippen molar-refractivity contribution in [3.8, 4) is 5.69 Å². The molecular formula is C19H22N6O3S. The molecular weight excluding hydrogens is 392 g/mol. The van der Waals surface area contributed by atoms with E-state index in [0.717, 1.165) is 11.3 Å². The highest BCUT2D eigenvalue weighted by Crippen LogP contribution is 2.19. The fraction of sp³-hybridized carbons (Fsp3) is 0.263. The summed E-state index contributed by atoms with van der Waals surface area (Å²) in [6.45, 7) is 3.61. The molecule has 3 rings (SSSR count). The van der Waals surface area contributed by atoms with Crippen molar-refractivity contribution in [2.45, 2.75) is 31.2 Å². The quantitative estimate of drug-likeness (QED) is 0.632. The highest BCUT2D eigenvalue weighted by molar-refractivity contribution is 7.89. The lowest BCUT2D eigenvalue weighted by molar-refractivity contribution is -0.115. The van der Waals surface area contributed by atoms with Gasteiger partial charge in [0.1, 0.15) is 6.33 Å². The molecule has 0 aliphatic carbocycles. The Balaban J connectivity index is 1.62. The number of aromatic nitrogens is 4. The summed E-state index contributed by atoms with van der Waals surface area (Å²) < 4.78 is 27.8. The summed E-state index contributed by atoms with van der Waals surface area (Å²) in [5, 5.41) is 13.8. The number of hydrogen-bond donors (Lipinski definition) is 1. The zero-order valence-electron chi connectivity index (χ0n) is 16.3. The van der Waals surface area contributed by atoms with Crippen LogP contribution >= 0.6 is 0 Å². The van der Waals surface area contributed by atoms with Gasteiger partial charge in [-0.05, 0) is 66.2 Å². The topological polar surface area (TPSA) is 110 Å². The maximum absolute atomic E-state index is 12.5. The highest BCUT2D eigenvalue weighted by atomic mass is 32.2. The standard InChI is InChI=1S/C19H22N6O3S/c1-14(2)24(3)29(27,28)18-10-6-16(7-11-18)21-19(26)12-15-4-8-17(9-5-15)25-13-20-22-23-25/h4-11,13-14H,12H2,1-3H3,(H,21,26). The van der Waals surface area contributed by atoms with Crippen LogP contribution in [0.15, 0.2) is 59.8 Å². The molecule has 0 saturated carbocycles. The third-order valence-corrected chi connectivity index (χ3v) is 6.50. The Morgan fingerprint density at radius 1 is 1.10 bits per heavy atom. The van der Waals surface area contributed by atoms with Gasteiger partial charge in [0.05, 0.1) is 17.0 Å². The molecule has 0 spiro atoms. The number of anilines is 1. The second-order valence-electron chi connectivity index (χ2n) is 6.79. The Bertz CT molecular complexity index is 1060. The summed E-state index contributed by atoms with van der Waals surface area (Å²) in [4.78, 5) is 12.5. The van der Waals surface area contributed by atoms with Gasteiger partial charge in [0.2, 0.25) is 15.9 Å². The van der Waals surface area contributed by atoms with E-state index in [1.807, 2.05) is 38.1 Å². The first-order valence-electron chi connectivity index (χ1n) is 8.97. The maximum atomic E-state index is 12.5. The Morgan fingerprint density at radius 2 is 1.76 bits per heavy atom. The Morgan fingerprint density at radius 3 is 2.31 bits per heavy atom. The highest BCUT2D eigenvalue weighted by Gasteiger charge is 2.22. The first-order valence-corrected chi connectivity index (χ1v) is 10.4. The summed E-state index contributed by atoms with van der Waals surface area (Å²) in [5.74, 6) is -0.199. The number of sulfonamides is 1. The minimum atomic E-state index is -3.55. The Labute approximate surface area is 169 Å². The van der Waals surface area contributed by atoms with E-state index in [2.05, 4.69) is 20.8 Å². The first kappa shape index (κ1) is 20.6. The van der Waals surface area contributed by atoms with Crippen LogP contribution in [0, 0.1) is 0 Å². The van der Waals surface area contributed by atoms with Gasteiger partial charge in [-0.3, -0.25) is 4.79 Å². The van der Waals surface area contributed by atoms with E-state index in [-0.39, 0.29) is 23.3 Å². The van der Waals surface area contributed by atoms with E-state index >= 15 is 0 Å². The van der Waals surface area contributed by atoms with Gasteiger partial charge in [0.25, 0.3) is 0 Å². The van der Waals surface area contributed by atoms with Gasteiger partial charge in [-0.15, -0.1) is 5.10 Å². The SMILES string of the molecule is CC(C)N(C)S(=O)(=O)c1ccc(NC(=O)Cc2ccc(-n3cnnn3)cc2)cc1. The largest absolute Gasteiger partial charge is 0.326 e. The molecule has 0 bridgehead atoms. The molecule has 0 unspecified atom stereocenters. The van der Waals surface area contributed by atoms with Crippen molar-refractivity contribution in [3.63, 3.8) is 0 Å². The average Bonchev–Trinajstić information content (AvgIpc) is 3.23. The molecule has 29 heavy (non-hydrogen) atoms. The third kappa shape index (κ3) is 4.84. The molecule has 9 nitrogen and oxygen atoms in total. The first-order chi connectivity index (χ1) is 13.8. The number of nitrogens with one attached hydrogen (secondary N) is 1. The molecule has 1 aromatic heterocycles. The van der Waals surface area contributed by atoms with Gasteiger partial charge in [-0.2, -0.15) is 4.31 Å². The Kier molecular flexibility index (Phi) is 6.04. The van der Waals surface area contributed by atoms with Gasteiger partial charge in [-0.25, -0.2) is 13.1 Å². The van der Waals surface area contributed by atoms with Crippen LogP contribution < -0.4 is 5.32 Å². The molecule has 1 heterocycles. The number of carbonyl (C=O) groups excluding carboxylic acids is 1. The molecule has 3 aromatic rings. The predicted molar refractivity (Wildman–Crippen MR) is 108 cm³/mol. The van der Waals surface area contributed by atoms with E-state index in [0.29, 0.717) is 5.69 Å². The summed E-state index contributed by atoms with van der Waals surface area (Å²) in [7, 11) is -2.01. The monoisotopic (exact) mass is 414 g/mol. The summed E-state index contributed by atoms with van der Waals surface area (Å²) >= 11 is 0. The molecule has 0 radical (unpaired) electrons. The molecule has 0 saturated heterocycles. The fourth-order valence-electron chi connectivity index (χ4n) is 2.59. The number of benzene rings is 2. The van der Waals surface area contributed by atoms with E-state index in [1.54, 1.807) is 19.2 Å². The second kappa shape index (κ2) is 8.50. The minimum absolute atomic E-state index is 0.147. The van der Waals surface area contributed by atoms with Crippen LogP contribution in [0.5, 0.6) is 0 Å². The van der Waals surface area contributed by atoms with Crippen LogP contribution in [0.4, 0.5) is 5.69 Å². The lowest BCUT2D eigenvalue weighted by atomic mass is 10.1. The van der Waals surface area contributed by atoms with Crippen molar-refractivity contribution in [1.82, 2.24) is 24.5 Å². The zero-order chi connectivity index (χ0) is 21.0. The van der Waals surface area contributed by atoms with E-state index < -0.39 is 10.0 Å². The predicted octanol–water partition coefficient (Wildman–Crippen LogP) is 1.87. The maximum Gasteiger partial charge on any atom is 0.243 e. The molecule has 10 heteroatoms. The van der Waals surface area contributed by atoms with Gasteiger partial charge in [0, 0.05) is 18.8 Å². The van der Waals surface area contributed by atoms with Crippen molar-refractivity contribution in [2.75, 3.05) is 12.4 Å². The summed E-state index contributed by atoms with van der Waals surface area (Å²) in [5.41, 5.74) is 2.16. The molecule has 152 valence electrons. The molecule has 0 aliphatic heterocycles. The van der Waals surface area contributed by atoms with Crippen molar-refractivity contribution in [1.29, 1.82) is 0 Å². The van der Waals surface area contributed by atoms with Gasteiger partial charge in [-0.1, -0.05) is 12.1 Å². The van der Waals surface area contributed by atoms with Crippen LogP contribution in [-0.4, -0.2) is 51.9 Å². The van der Waals surface area contributed by atoms with Crippen LogP contribution in [0.2, 0.25) is 0 Å². The minimum Gasteiger partial charge on any atom is -0.326 e. The number of hydrogen-bond acceptors (Lipinski definition) is 6. The van der Waals surface area contributed by atoms with Crippen LogP contribution in [0.1, 0.15) is 19.4 Å². The number of nitrogens with zero attached hydrogens (tertiary/aromatic N) is 5. The molecule has 2 aromatic carbocycles. The summed E-state index contributed by atoms with van der Waals surface area (Å²) in [6.07, 6.45) is 1.68. The summed E-state index contributed by atoms with van der Waals surface area (Å²) in [6, 6.07) is 13.3. The third-order valence-electron chi connectivity index (χ3n) is 4.46. The van der Waals surface area contributed by atoms with Gasteiger partial charge < -0.3 is 5.32 Å². The molecule has 0 aliphatic rings. The van der Waals surface area contributed by atoms with E-state index in [4.69, 9.17) is 0 Å². The number of tetrazole rings is 1. The number of carbonyl (C=O) groups is 1. The van der Waals surface area contributed by atoms with Crippen LogP contribution in [-0.2, 0) is 21.2 Å². The average molecular weight is 414 g/mol. The number of amides is 1. The van der Waals surface area contributed by atoms with Crippen molar-refractivity contribution >= 4 is 21.6 Å². The van der Waals surface area contributed by atoms with Gasteiger partial charge >= 0.3 is 0 Å². The molecule has 0 atom stereocenters. The van der Waals surface area contributed by atoms with E-state index in [9.17, 15) is 13.2 Å². The normalized spacial score (nSPS) is 11.8. The molecule has 1 N–H and O–H groups in total. The Hall–Kier alpha value is -3.11. The molecule has 0 fully saturated rings. The van der Waals surface area contributed by atoms with Crippen molar-refractivity contribution < 1.29 is 13.2 Å². The second-order valence-corrected chi connectivity index (χ2v) is 8.78. The lowest BCUT2D eigenvalue weighted by Crippen LogP contribution is -2.33. The van der Waals surface area contributed by atoms with Crippen molar-refractivity contribution in [3.05, 3.63) is 60.4 Å². The zero-order valence-corrected chi connectivity index (χ0v) is 17.2. The van der Waals surface area contributed by atoms with Gasteiger partial charge in [0.15, 0.2) is 0 Å². The molecule has 1 amide bonds. The fourth-order valence-corrected chi connectivity index (χ4v) is 3.96. The lowest BCUT2D eigenvalue weighted by Gasteiger charge is -2.21. The van der Waals surface area contributed by atoms with Crippen LogP contribution in [0.25, 0.3) is 5.69 Å².